The van der Waals surface area contributed by atoms with Gasteiger partial charge in [0.1, 0.15) is 0 Å². The predicted octanol–water partition coefficient (Wildman–Crippen LogP) is 4.72. The van der Waals surface area contributed by atoms with E-state index in [-0.39, 0.29) is 49.1 Å². The Kier molecular flexibility index (Phi) is 3.72. The van der Waals surface area contributed by atoms with Crippen molar-refractivity contribution in [2.75, 3.05) is 0 Å². The Balaban J connectivity index is 1.50. The highest BCUT2D eigenvalue weighted by atomic mass is 127. The average Bonchev–Trinajstić information content (AvgIpc) is 3.24. The zero-order chi connectivity index (χ0) is 27.0. The van der Waals surface area contributed by atoms with Crippen LogP contribution in [0, 0.1) is 14.9 Å². The van der Waals surface area contributed by atoms with Gasteiger partial charge in [-0.05, 0) is 83.5 Å². The third-order valence-corrected chi connectivity index (χ3v) is 7.01. The van der Waals surface area contributed by atoms with Crippen LogP contribution in [0.1, 0.15) is 49.8 Å². The molecule has 2 saturated carbocycles. The van der Waals surface area contributed by atoms with E-state index in [2.05, 4.69) is 10.4 Å². The first-order chi connectivity index (χ1) is 17.3. The van der Waals surface area contributed by atoms with Crippen LogP contribution in [-0.4, -0.2) is 32.8 Å². The molecule has 0 bridgehead atoms. The summed E-state index contributed by atoms with van der Waals surface area (Å²) in [6.07, 6.45) is 3.84. The smallest absolute Gasteiger partial charge is 0.306 e. The van der Waals surface area contributed by atoms with Gasteiger partial charge >= 0.3 is 5.97 Å². The molecule has 8 heteroatoms. The molecule has 2 aromatic carbocycles. The maximum Gasteiger partial charge on any atom is 0.306 e. The number of carboxylic acid groups (broad SMARTS) is 1. The molecule has 31 heavy (non-hydrogen) atoms. The van der Waals surface area contributed by atoms with Gasteiger partial charge in [0.2, 0.25) is 0 Å². The van der Waals surface area contributed by atoms with E-state index in [0.717, 1.165) is 4.68 Å². The summed E-state index contributed by atoms with van der Waals surface area (Å²) >= 11 is 8.02. The molecule has 0 atom stereocenters. The molecule has 0 aliphatic heterocycles. The number of halogens is 2. The first kappa shape index (κ1) is 14.8. The summed E-state index contributed by atoms with van der Waals surface area (Å²) in [6.45, 7) is -2.65. The van der Waals surface area contributed by atoms with Gasteiger partial charge in [0, 0.05) is 15.0 Å². The minimum atomic E-state index is -2.65. The minimum Gasteiger partial charge on any atom is -0.481 e. The van der Waals surface area contributed by atoms with E-state index in [1.165, 1.54) is 18.3 Å². The van der Waals surface area contributed by atoms with Gasteiger partial charge < -0.3 is 10.4 Å². The van der Waals surface area contributed by atoms with E-state index in [9.17, 15) is 9.59 Å². The van der Waals surface area contributed by atoms with Gasteiger partial charge in [0.05, 0.1) is 42.9 Å². The lowest BCUT2D eigenvalue weighted by atomic mass is 9.50. The molecule has 0 radical (unpaired) electrons. The third-order valence-electron chi connectivity index (χ3n) is 6.14. The topological polar surface area (TPSA) is 84.2 Å². The van der Waals surface area contributed by atoms with Crippen molar-refractivity contribution < 1.29 is 22.9 Å². The van der Waals surface area contributed by atoms with Crippen LogP contribution < -0.4 is 5.32 Å². The van der Waals surface area contributed by atoms with Crippen LogP contribution in [0.4, 0.5) is 0 Å². The number of aliphatic carboxylic acids is 1. The number of fused-ring (bicyclic) bond motifs is 1. The summed E-state index contributed by atoms with van der Waals surface area (Å²) in [5.41, 5.74) is -0.385. The SMILES string of the molecule is [2H]c1c([2H])c(C([2H])([2H])n2ncc3c(Cl)ccc(C(=O)NC4CC5(C4)CC(C(=O)O)C5)c32)c([2H])c([2H])c1I. The molecule has 1 aromatic heterocycles. The van der Waals surface area contributed by atoms with Crippen molar-refractivity contribution in [2.45, 2.75) is 38.2 Å². The fourth-order valence-corrected chi connectivity index (χ4v) is 5.15. The Morgan fingerprint density at radius 1 is 1.29 bits per heavy atom. The van der Waals surface area contributed by atoms with Crippen LogP contribution >= 0.6 is 34.2 Å². The Labute approximate surface area is 206 Å². The standard InChI is InChI=1S/C23H21ClIN3O3/c24-19-6-5-17(21(29)27-16-9-23(10-16)7-14(8-23)22(30)31)20-18(19)11-26-28(20)12-13-1-3-15(25)4-2-13/h1-6,11,14,16H,7-10,12H2,(H,27,29)(H,30,31)/i1D,2D,3D,4D,12D2. The quantitative estimate of drug-likeness (QED) is 0.447. The molecule has 3 aromatic rings. The highest BCUT2D eigenvalue weighted by molar-refractivity contribution is 14.1. The van der Waals surface area contributed by atoms with Crippen LogP contribution in [0.2, 0.25) is 5.02 Å². The van der Waals surface area contributed by atoms with Crippen LogP contribution in [0.15, 0.2) is 42.5 Å². The van der Waals surface area contributed by atoms with E-state index >= 15 is 0 Å². The van der Waals surface area contributed by atoms with Gasteiger partial charge in [-0.25, -0.2) is 0 Å². The molecule has 1 heterocycles. The molecule has 0 unspecified atom stereocenters. The second kappa shape index (κ2) is 7.78. The van der Waals surface area contributed by atoms with Crippen LogP contribution in [0.3, 0.4) is 0 Å². The molecule has 5 rings (SSSR count). The van der Waals surface area contributed by atoms with Crippen LogP contribution in [0.5, 0.6) is 0 Å². The number of nitrogens with zero attached hydrogens (tertiary/aromatic N) is 2. The fourth-order valence-electron chi connectivity index (χ4n) is 4.68. The first-order valence-corrected chi connectivity index (χ1v) is 11.2. The number of carbonyl (C=O) groups excluding carboxylic acids is 1. The Morgan fingerprint density at radius 2 is 2.00 bits per heavy atom. The number of rotatable bonds is 5. The van der Waals surface area contributed by atoms with Crippen LogP contribution in [0.25, 0.3) is 10.9 Å². The number of hydrogen-bond acceptors (Lipinski definition) is 3. The zero-order valence-corrected chi connectivity index (χ0v) is 19.0. The first-order valence-electron chi connectivity index (χ1n) is 12.7. The summed E-state index contributed by atoms with van der Waals surface area (Å²) in [4.78, 5) is 24.4. The Hall–Kier alpha value is -2.13. The molecule has 1 spiro atoms. The number of benzene rings is 2. The van der Waals surface area contributed by atoms with Crippen LogP contribution in [-0.2, 0) is 11.3 Å². The average molecular weight is 556 g/mol. The number of aromatic nitrogens is 2. The van der Waals surface area contributed by atoms with Gasteiger partial charge in [0.25, 0.3) is 5.91 Å². The summed E-state index contributed by atoms with van der Waals surface area (Å²) < 4.78 is 51.5. The lowest BCUT2D eigenvalue weighted by Gasteiger charge is -2.56. The van der Waals surface area contributed by atoms with E-state index in [0.29, 0.717) is 31.1 Å². The number of nitrogens with one attached hydrogen (secondary N) is 1. The van der Waals surface area contributed by atoms with Crippen molar-refractivity contribution in [1.29, 1.82) is 0 Å². The van der Waals surface area contributed by atoms with Gasteiger partial charge in [-0.3, -0.25) is 14.3 Å². The number of amides is 1. The maximum atomic E-state index is 13.3. The number of carboxylic acids is 1. The second-order valence-corrected chi connectivity index (χ2v) is 9.72. The van der Waals surface area contributed by atoms with E-state index in [1.807, 2.05) is 0 Å². The summed E-state index contributed by atoms with van der Waals surface area (Å²) in [5, 5.41) is 16.7. The van der Waals surface area contributed by atoms with Gasteiger partial charge in [0.15, 0.2) is 0 Å². The molecule has 2 aliphatic rings. The molecule has 1 amide bonds. The Bertz CT molecular complexity index is 1450. The molecule has 2 aliphatic carbocycles. The Morgan fingerprint density at radius 3 is 2.68 bits per heavy atom. The van der Waals surface area contributed by atoms with E-state index < -0.39 is 36.0 Å². The largest absolute Gasteiger partial charge is 0.481 e. The van der Waals surface area contributed by atoms with E-state index in [4.69, 9.17) is 24.9 Å². The van der Waals surface area contributed by atoms with Gasteiger partial charge in [-0.2, -0.15) is 5.10 Å². The fraction of sp³-hybridized carbons (Fsp3) is 0.348. The summed E-state index contributed by atoms with van der Waals surface area (Å²) in [6, 6.07) is 1.01. The minimum absolute atomic E-state index is 0.0442. The molecular weight excluding hydrogens is 529 g/mol. The molecular formula is C23H21ClIN3O3. The predicted molar refractivity (Wildman–Crippen MR) is 126 cm³/mol. The van der Waals surface area contributed by atoms with Crippen molar-refractivity contribution in [2.24, 2.45) is 11.3 Å². The zero-order valence-electron chi connectivity index (χ0n) is 22.1. The maximum absolute atomic E-state index is 13.3. The lowest BCUT2D eigenvalue weighted by molar-refractivity contribution is -0.155. The van der Waals surface area contributed by atoms with E-state index in [1.54, 1.807) is 22.6 Å². The second-order valence-electron chi connectivity index (χ2n) is 8.24. The van der Waals surface area contributed by atoms with Gasteiger partial charge in [-0.1, -0.05) is 23.7 Å². The molecule has 6 nitrogen and oxygen atoms in total. The molecule has 2 N–H and O–H groups in total. The monoisotopic (exact) mass is 555 g/mol. The number of carbonyl (C=O) groups is 2. The van der Waals surface area contributed by atoms with Crippen molar-refractivity contribution in [3.63, 3.8) is 0 Å². The number of hydrogen-bond donors (Lipinski definition) is 2. The molecule has 2 fully saturated rings. The van der Waals surface area contributed by atoms with Crippen molar-refractivity contribution in [3.05, 3.63) is 62.2 Å². The van der Waals surface area contributed by atoms with Crippen molar-refractivity contribution >= 4 is 57.0 Å². The van der Waals surface area contributed by atoms with Crippen molar-refractivity contribution in [3.8, 4) is 0 Å². The highest BCUT2D eigenvalue weighted by Gasteiger charge is 2.55. The summed E-state index contributed by atoms with van der Waals surface area (Å²) in [7, 11) is 0. The highest BCUT2D eigenvalue weighted by Crippen LogP contribution is 2.58. The molecule has 0 saturated heterocycles. The third kappa shape index (κ3) is 3.82. The lowest BCUT2D eigenvalue weighted by Crippen LogP contribution is -2.57. The van der Waals surface area contributed by atoms with Gasteiger partial charge in [-0.15, -0.1) is 0 Å². The molecule has 160 valence electrons. The summed E-state index contributed by atoms with van der Waals surface area (Å²) in [5.74, 6) is -1.60. The normalized spacial score (nSPS) is 27.8. The van der Waals surface area contributed by atoms with Crippen molar-refractivity contribution in [1.82, 2.24) is 15.1 Å².